The number of methoxy groups -OCH3 is 1. The zero-order valence-corrected chi connectivity index (χ0v) is 12.6. The van der Waals surface area contributed by atoms with Crippen molar-refractivity contribution in [1.29, 1.82) is 0 Å². The molecule has 0 saturated carbocycles. The Morgan fingerprint density at radius 3 is 2.76 bits per heavy atom. The predicted molar refractivity (Wildman–Crippen MR) is 84.4 cm³/mol. The van der Waals surface area contributed by atoms with Crippen LogP contribution in [0.1, 0.15) is 6.92 Å². The molecule has 0 bridgehead atoms. The minimum absolute atomic E-state index is 0.115. The summed E-state index contributed by atoms with van der Waals surface area (Å²) in [6.07, 6.45) is 0. The van der Waals surface area contributed by atoms with E-state index < -0.39 is 0 Å². The molecule has 4 nitrogen and oxygen atoms in total. The highest BCUT2D eigenvalue weighted by molar-refractivity contribution is 7.21. The van der Waals surface area contributed by atoms with Crippen molar-refractivity contribution in [1.82, 2.24) is 4.98 Å². The Hall–Kier alpha value is -2.27. The van der Waals surface area contributed by atoms with Gasteiger partial charge in [-0.05, 0) is 43.3 Å². The highest BCUT2D eigenvalue weighted by Crippen LogP contribution is 2.36. The van der Waals surface area contributed by atoms with Gasteiger partial charge in [0.25, 0.3) is 0 Å². The number of phenolic OH excluding ortho intramolecular Hbond substituents is 1. The molecular formula is C16H15NO3S. The summed E-state index contributed by atoms with van der Waals surface area (Å²) >= 11 is 1.57. The standard InChI is InChI=1S/C16H15NO3S/c1-3-20-11-5-6-12-15(9-11)21-16(17-12)10-4-7-14(19-2)13(18)8-10/h4-9,18H,3H2,1-2H3. The third-order valence-electron chi connectivity index (χ3n) is 3.10. The molecule has 1 aromatic heterocycles. The molecule has 108 valence electrons. The average molecular weight is 301 g/mol. The van der Waals surface area contributed by atoms with Crippen LogP contribution in [0.15, 0.2) is 36.4 Å². The monoisotopic (exact) mass is 301 g/mol. The summed E-state index contributed by atoms with van der Waals surface area (Å²) in [6.45, 7) is 2.60. The number of benzene rings is 2. The van der Waals surface area contributed by atoms with Crippen molar-refractivity contribution in [3.63, 3.8) is 0 Å². The number of thiazole rings is 1. The first-order chi connectivity index (χ1) is 10.2. The number of hydrogen-bond acceptors (Lipinski definition) is 5. The van der Waals surface area contributed by atoms with Gasteiger partial charge in [0.05, 0.1) is 23.9 Å². The van der Waals surface area contributed by atoms with Gasteiger partial charge in [0.2, 0.25) is 0 Å². The normalized spacial score (nSPS) is 10.8. The number of fused-ring (bicyclic) bond motifs is 1. The lowest BCUT2D eigenvalue weighted by molar-refractivity contribution is 0.341. The SMILES string of the molecule is CCOc1ccc2nc(-c3ccc(OC)c(O)c3)sc2c1. The Morgan fingerprint density at radius 1 is 1.19 bits per heavy atom. The molecule has 1 N–H and O–H groups in total. The van der Waals surface area contributed by atoms with Crippen molar-refractivity contribution in [2.24, 2.45) is 0 Å². The second-order valence-electron chi connectivity index (χ2n) is 4.47. The van der Waals surface area contributed by atoms with E-state index in [9.17, 15) is 5.11 Å². The van der Waals surface area contributed by atoms with Gasteiger partial charge in [0, 0.05) is 5.56 Å². The first kappa shape index (κ1) is 13.7. The summed E-state index contributed by atoms with van der Waals surface area (Å²) in [5.41, 5.74) is 1.79. The van der Waals surface area contributed by atoms with Gasteiger partial charge >= 0.3 is 0 Å². The van der Waals surface area contributed by atoms with E-state index in [0.717, 1.165) is 26.5 Å². The number of aromatic nitrogens is 1. The third-order valence-corrected chi connectivity index (χ3v) is 4.16. The van der Waals surface area contributed by atoms with Gasteiger partial charge < -0.3 is 14.6 Å². The summed E-state index contributed by atoms with van der Waals surface area (Å²) < 4.78 is 11.6. The van der Waals surface area contributed by atoms with Crippen molar-refractivity contribution in [3.8, 4) is 27.8 Å². The van der Waals surface area contributed by atoms with Gasteiger partial charge in [0.15, 0.2) is 11.5 Å². The fraction of sp³-hybridized carbons (Fsp3) is 0.188. The first-order valence-electron chi connectivity index (χ1n) is 6.62. The smallest absolute Gasteiger partial charge is 0.160 e. The van der Waals surface area contributed by atoms with E-state index in [1.807, 2.05) is 31.2 Å². The van der Waals surface area contributed by atoms with Crippen LogP contribution in [0.2, 0.25) is 0 Å². The van der Waals surface area contributed by atoms with Crippen LogP contribution >= 0.6 is 11.3 Å². The van der Waals surface area contributed by atoms with E-state index in [4.69, 9.17) is 9.47 Å². The van der Waals surface area contributed by atoms with Gasteiger partial charge in [-0.3, -0.25) is 0 Å². The number of aromatic hydroxyl groups is 1. The minimum atomic E-state index is 0.115. The molecule has 0 spiro atoms. The summed E-state index contributed by atoms with van der Waals surface area (Å²) in [7, 11) is 1.53. The van der Waals surface area contributed by atoms with Crippen molar-refractivity contribution < 1.29 is 14.6 Å². The maximum Gasteiger partial charge on any atom is 0.160 e. The molecule has 1 heterocycles. The van der Waals surface area contributed by atoms with Crippen LogP contribution in [0.4, 0.5) is 0 Å². The number of nitrogens with zero attached hydrogens (tertiary/aromatic N) is 1. The van der Waals surface area contributed by atoms with Gasteiger partial charge in [-0.25, -0.2) is 4.98 Å². The fourth-order valence-corrected chi connectivity index (χ4v) is 3.10. The molecule has 0 radical (unpaired) electrons. The molecule has 0 unspecified atom stereocenters. The summed E-state index contributed by atoms with van der Waals surface area (Å²) in [5.74, 6) is 1.42. The zero-order chi connectivity index (χ0) is 14.8. The lowest BCUT2D eigenvalue weighted by atomic mass is 10.2. The quantitative estimate of drug-likeness (QED) is 0.789. The summed E-state index contributed by atoms with van der Waals surface area (Å²) in [6, 6.07) is 11.1. The molecule has 3 aromatic rings. The van der Waals surface area contributed by atoms with E-state index in [2.05, 4.69) is 4.98 Å². The Morgan fingerprint density at radius 2 is 2.05 bits per heavy atom. The van der Waals surface area contributed by atoms with Gasteiger partial charge in [0.1, 0.15) is 10.8 Å². The maximum atomic E-state index is 9.87. The van der Waals surface area contributed by atoms with Crippen LogP contribution in [0.25, 0.3) is 20.8 Å². The Bertz CT molecular complexity index is 782. The van der Waals surface area contributed by atoms with Gasteiger partial charge in [-0.1, -0.05) is 0 Å². The van der Waals surface area contributed by atoms with Crippen LogP contribution in [-0.2, 0) is 0 Å². The first-order valence-corrected chi connectivity index (χ1v) is 7.43. The molecule has 0 amide bonds. The molecule has 0 saturated heterocycles. The molecule has 0 aliphatic heterocycles. The number of phenols is 1. The second kappa shape index (κ2) is 5.61. The Kier molecular flexibility index (Phi) is 3.66. The predicted octanol–water partition coefficient (Wildman–Crippen LogP) is 4.08. The zero-order valence-electron chi connectivity index (χ0n) is 11.8. The molecule has 3 rings (SSSR count). The summed E-state index contributed by atoms with van der Waals surface area (Å²) in [4.78, 5) is 4.59. The third kappa shape index (κ3) is 2.64. The molecule has 0 aliphatic rings. The van der Waals surface area contributed by atoms with Crippen molar-refractivity contribution in [2.75, 3.05) is 13.7 Å². The summed E-state index contributed by atoms with van der Waals surface area (Å²) in [5, 5.41) is 10.7. The largest absolute Gasteiger partial charge is 0.504 e. The van der Waals surface area contributed by atoms with Gasteiger partial charge in [-0.2, -0.15) is 0 Å². The van der Waals surface area contributed by atoms with E-state index in [1.54, 1.807) is 23.5 Å². The van der Waals surface area contributed by atoms with E-state index in [0.29, 0.717) is 12.4 Å². The van der Waals surface area contributed by atoms with Crippen molar-refractivity contribution in [3.05, 3.63) is 36.4 Å². The number of rotatable bonds is 4. The van der Waals surface area contributed by atoms with Crippen molar-refractivity contribution in [2.45, 2.75) is 6.92 Å². The van der Waals surface area contributed by atoms with Crippen LogP contribution in [0.3, 0.4) is 0 Å². The molecule has 21 heavy (non-hydrogen) atoms. The molecule has 0 fully saturated rings. The van der Waals surface area contributed by atoms with Crippen molar-refractivity contribution >= 4 is 21.6 Å². The van der Waals surface area contributed by atoms with E-state index in [-0.39, 0.29) is 5.75 Å². The van der Waals surface area contributed by atoms with E-state index in [1.165, 1.54) is 7.11 Å². The van der Waals surface area contributed by atoms with Gasteiger partial charge in [-0.15, -0.1) is 11.3 Å². The van der Waals surface area contributed by atoms with Crippen LogP contribution in [-0.4, -0.2) is 23.8 Å². The Balaban J connectivity index is 2.02. The molecule has 0 atom stereocenters. The second-order valence-corrected chi connectivity index (χ2v) is 5.50. The van der Waals surface area contributed by atoms with Crippen LogP contribution < -0.4 is 9.47 Å². The van der Waals surface area contributed by atoms with Crippen LogP contribution in [0.5, 0.6) is 17.2 Å². The molecule has 5 heteroatoms. The fourth-order valence-electron chi connectivity index (χ4n) is 2.11. The minimum Gasteiger partial charge on any atom is -0.504 e. The average Bonchev–Trinajstić information content (AvgIpc) is 2.90. The van der Waals surface area contributed by atoms with E-state index >= 15 is 0 Å². The molecular weight excluding hydrogens is 286 g/mol. The lowest BCUT2D eigenvalue weighted by Gasteiger charge is -2.03. The van der Waals surface area contributed by atoms with Crippen LogP contribution in [0, 0.1) is 0 Å². The highest BCUT2D eigenvalue weighted by atomic mass is 32.1. The number of ether oxygens (including phenoxy) is 2. The molecule has 2 aromatic carbocycles. The number of hydrogen-bond donors (Lipinski definition) is 1. The maximum absolute atomic E-state index is 9.87. The Labute approximate surface area is 126 Å². The lowest BCUT2D eigenvalue weighted by Crippen LogP contribution is -1.89. The topological polar surface area (TPSA) is 51.6 Å². The molecule has 0 aliphatic carbocycles. The highest BCUT2D eigenvalue weighted by Gasteiger charge is 2.10.